The normalized spacial score (nSPS) is 25.4. The Morgan fingerprint density at radius 2 is 2.12 bits per heavy atom. The van der Waals surface area contributed by atoms with Gasteiger partial charge in [0.25, 0.3) is 5.91 Å². The Bertz CT molecular complexity index is 587. The average molecular weight is 346 g/mol. The zero-order valence-corrected chi connectivity index (χ0v) is 15.6. The second-order valence-electron chi connectivity index (χ2n) is 7.54. The first-order valence-corrected chi connectivity index (χ1v) is 9.23. The molecule has 0 aliphatic carbocycles. The van der Waals surface area contributed by atoms with Gasteiger partial charge in [-0.3, -0.25) is 14.7 Å². The minimum atomic E-state index is -0.00631. The van der Waals surface area contributed by atoms with Gasteiger partial charge in [0.1, 0.15) is 0 Å². The Morgan fingerprint density at radius 1 is 1.36 bits per heavy atom. The van der Waals surface area contributed by atoms with Gasteiger partial charge in [-0.2, -0.15) is 0 Å². The van der Waals surface area contributed by atoms with Crippen molar-refractivity contribution < 1.29 is 9.53 Å². The summed E-state index contributed by atoms with van der Waals surface area (Å²) < 4.78 is 5.50. The molecule has 25 heavy (non-hydrogen) atoms. The summed E-state index contributed by atoms with van der Waals surface area (Å²) in [5, 5.41) is 3.28. The third-order valence-corrected chi connectivity index (χ3v) is 5.34. The molecule has 2 atom stereocenters. The molecule has 2 aliphatic heterocycles. The van der Waals surface area contributed by atoms with Crippen molar-refractivity contribution >= 4 is 5.91 Å². The minimum absolute atomic E-state index is 0.00631. The van der Waals surface area contributed by atoms with Crippen molar-refractivity contribution in [3.8, 4) is 0 Å². The monoisotopic (exact) mass is 346 g/mol. The highest BCUT2D eigenvalue weighted by atomic mass is 16.5. The maximum absolute atomic E-state index is 12.7. The van der Waals surface area contributed by atoms with Crippen LogP contribution in [0.25, 0.3) is 0 Å². The van der Waals surface area contributed by atoms with E-state index >= 15 is 0 Å². The first kappa shape index (κ1) is 18.3. The molecule has 1 N–H and O–H groups in total. The minimum Gasteiger partial charge on any atom is -0.381 e. The molecule has 0 unspecified atom stereocenters. The number of aromatic nitrogens is 1. The number of hydrogen-bond donors (Lipinski definition) is 1. The molecule has 0 spiro atoms. The van der Waals surface area contributed by atoms with Crippen molar-refractivity contribution in [2.75, 3.05) is 46.9 Å². The van der Waals surface area contributed by atoms with Crippen LogP contribution < -0.4 is 5.32 Å². The third kappa shape index (κ3) is 4.57. The molecule has 2 fully saturated rings. The van der Waals surface area contributed by atoms with Gasteiger partial charge < -0.3 is 15.0 Å². The van der Waals surface area contributed by atoms with E-state index in [0.29, 0.717) is 17.5 Å². The topological polar surface area (TPSA) is 57.7 Å². The molecule has 3 rings (SSSR count). The number of ether oxygens (including phenoxy) is 1. The summed E-state index contributed by atoms with van der Waals surface area (Å²) in [5.74, 6) is 0.437. The number of carbonyl (C=O) groups excluding carboxylic acids is 1. The molecule has 138 valence electrons. The van der Waals surface area contributed by atoms with E-state index in [1.165, 1.54) is 0 Å². The lowest BCUT2D eigenvalue weighted by molar-refractivity contribution is 0.0403. The van der Waals surface area contributed by atoms with Gasteiger partial charge >= 0.3 is 0 Å². The molecule has 3 heterocycles. The number of aryl methyl sites for hydroxylation is 1. The summed E-state index contributed by atoms with van der Waals surface area (Å²) >= 11 is 0. The van der Waals surface area contributed by atoms with E-state index in [1.54, 1.807) is 6.20 Å². The molecule has 1 aromatic heterocycles. The molecule has 6 nitrogen and oxygen atoms in total. The third-order valence-electron chi connectivity index (χ3n) is 5.34. The zero-order valence-electron chi connectivity index (χ0n) is 15.6. The summed E-state index contributed by atoms with van der Waals surface area (Å²) in [6.45, 7) is 6.54. The van der Waals surface area contributed by atoms with Gasteiger partial charge in [0, 0.05) is 62.7 Å². The Labute approximate surface area is 150 Å². The fraction of sp³-hybridized carbons (Fsp3) is 0.684. The molecule has 1 amide bonds. The van der Waals surface area contributed by atoms with Gasteiger partial charge in [0.2, 0.25) is 0 Å². The number of nitrogens with zero attached hydrogens (tertiary/aromatic N) is 3. The molecule has 0 radical (unpaired) electrons. The van der Waals surface area contributed by atoms with Crippen molar-refractivity contribution in [2.24, 2.45) is 5.92 Å². The van der Waals surface area contributed by atoms with Gasteiger partial charge in [-0.05, 0) is 46.0 Å². The Morgan fingerprint density at radius 3 is 2.80 bits per heavy atom. The second kappa shape index (κ2) is 8.25. The molecule has 6 heteroatoms. The van der Waals surface area contributed by atoms with E-state index < -0.39 is 0 Å². The van der Waals surface area contributed by atoms with Gasteiger partial charge in [-0.1, -0.05) is 0 Å². The van der Waals surface area contributed by atoms with Crippen LogP contribution in [0.15, 0.2) is 18.3 Å². The number of likely N-dealkylation sites (tertiary alicyclic amines) is 1. The smallest absolute Gasteiger partial charge is 0.253 e. The highest BCUT2D eigenvalue weighted by Crippen LogP contribution is 2.25. The summed E-state index contributed by atoms with van der Waals surface area (Å²) in [6, 6.07) is 4.43. The molecule has 0 saturated carbocycles. The summed E-state index contributed by atoms with van der Waals surface area (Å²) in [7, 11) is 4.20. The van der Waals surface area contributed by atoms with Gasteiger partial charge in [-0.15, -0.1) is 0 Å². The lowest BCUT2D eigenvalue weighted by atomic mass is 10.0. The summed E-state index contributed by atoms with van der Waals surface area (Å²) in [6.07, 6.45) is 3.91. The average Bonchev–Trinajstić information content (AvgIpc) is 2.98. The van der Waals surface area contributed by atoms with Crippen molar-refractivity contribution in [3.63, 3.8) is 0 Å². The molecule has 2 aliphatic rings. The molecule has 1 aromatic rings. The summed E-state index contributed by atoms with van der Waals surface area (Å²) in [4.78, 5) is 21.7. The van der Waals surface area contributed by atoms with E-state index in [-0.39, 0.29) is 11.9 Å². The number of carbonyl (C=O) groups is 1. The van der Waals surface area contributed by atoms with Gasteiger partial charge in [0.05, 0.1) is 5.56 Å². The number of nitrogens with one attached hydrogen (secondary N) is 1. The van der Waals surface area contributed by atoms with Crippen LogP contribution in [-0.4, -0.2) is 79.7 Å². The van der Waals surface area contributed by atoms with Crippen LogP contribution in [0.5, 0.6) is 0 Å². The Balaban J connectivity index is 1.68. The second-order valence-corrected chi connectivity index (χ2v) is 7.54. The van der Waals surface area contributed by atoms with Crippen LogP contribution in [0, 0.1) is 12.8 Å². The van der Waals surface area contributed by atoms with Crippen LogP contribution in [0.1, 0.15) is 28.9 Å². The van der Waals surface area contributed by atoms with Gasteiger partial charge in [-0.25, -0.2) is 0 Å². The Kier molecular flexibility index (Phi) is 6.04. The van der Waals surface area contributed by atoms with Crippen LogP contribution in [-0.2, 0) is 4.74 Å². The predicted octanol–water partition coefficient (Wildman–Crippen LogP) is 1.16. The number of rotatable bonds is 5. The fourth-order valence-corrected chi connectivity index (χ4v) is 4.04. The maximum atomic E-state index is 12.7. The molecule has 0 aromatic carbocycles. The molecular formula is C19H30N4O2. The SMILES string of the molecule is Cc1ncccc1C(=O)N[C@@H]1CN(C2CCOCC2)C[C@H]1CN(C)C. The standard InChI is InChI=1S/C19H30N4O2/c1-14-17(5-4-8-20-14)19(24)21-18-13-23(12-15(18)11-22(2)3)16-6-9-25-10-7-16/h4-5,8,15-16,18H,6-7,9-13H2,1-3H3,(H,21,24)/t15-,18-/m1/s1. The van der Waals surface area contributed by atoms with Crippen LogP contribution in [0.3, 0.4) is 0 Å². The molecular weight excluding hydrogens is 316 g/mol. The number of hydrogen-bond acceptors (Lipinski definition) is 5. The van der Waals surface area contributed by atoms with Crippen LogP contribution in [0.4, 0.5) is 0 Å². The van der Waals surface area contributed by atoms with Crippen molar-refractivity contribution in [3.05, 3.63) is 29.6 Å². The first-order valence-electron chi connectivity index (χ1n) is 9.23. The largest absolute Gasteiger partial charge is 0.381 e. The maximum Gasteiger partial charge on any atom is 0.253 e. The van der Waals surface area contributed by atoms with Crippen molar-refractivity contribution in [1.82, 2.24) is 20.1 Å². The molecule has 2 saturated heterocycles. The van der Waals surface area contributed by atoms with E-state index in [9.17, 15) is 4.79 Å². The van der Waals surface area contributed by atoms with E-state index in [0.717, 1.165) is 51.4 Å². The lowest BCUT2D eigenvalue weighted by Gasteiger charge is -2.31. The summed E-state index contributed by atoms with van der Waals surface area (Å²) in [5.41, 5.74) is 1.46. The van der Waals surface area contributed by atoms with E-state index in [4.69, 9.17) is 4.74 Å². The van der Waals surface area contributed by atoms with Gasteiger partial charge in [0.15, 0.2) is 0 Å². The molecule has 0 bridgehead atoms. The van der Waals surface area contributed by atoms with E-state index in [2.05, 4.69) is 34.2 Å². The predicted molar refractivity (Wildman–Crippen MR) is 97.7 cm³/mol. The number of pyridine rings is 1. The van der Waals surface area contributed by atoms with Crippen molar-refractivity contribution in [2.45, 2.75) is 31.8 Å². The highest BCUT2D eigenvalue weighted by Gasteiger charge is 2.37. The Hall–Kier alpha value is -1.50. The van der Waals surface area contributed by atoms with E-state index in [1.807, 2.05) is 19.1 Å². The number of amides is 1. The van der Waals surface area contributed by atoms with Crippen LogP contribution in [0.2, 0.25) is 0 Å². The fourth-order valence-electron chi connectivity index (χ4n) is 4.04. The zero-order chi connectivity index (χ0) is 17.8. The van der Waals surface area contributed by atoms with Crippen LogP contribution >= 0.6 is 0 Å². The lowest BCUT2D eigenvalue weighted by Crippen LogP contribution is -2.44. The quantitative estimate of drug-likeness (QED) is 0.867. The van der Waals surface area contributed by atoms with Crippen molar-refractivity contribution in [1.29, 1.82) is 0 Å². The highest BCUT2D eigenvalue weighted by molar-refractivity contribution is 5.95. The first-order chi connectivity index (χ1) is 12.0.